The first kappa shape index (κ1) is 15.1. The Kier molecular flexibility index (Phi) is 3.93. The van der Waals surface area contributed by atoms with E-state index in [-0.39, 0.29) is 5.54 Å². The zero-order chi connectivity index (χ0) is 15.1. The maximum atomic E-state index is 6.28. The summed E-state index contributed by atoms with van der Waals surface area (Å²) in [5.41, 5.74) is 3.57. The van der Waals surface area contributed by atoms with Gasteiger partial charge in [0.2, 0.25) is 0 Å². The Bertz CT molecular complexity index is 608. The topological polar surface area (TPSA) is 55.9 Å². The molecule has 2 aromatic heterocycles. The lowest BCUT2D eigenvalue weighted by molar-refractivity contribution is 0.369. The van der Waals surface area contributed by atoms with Crippen LogP contribution in [0.4, 0.5) is 0 Å². The lowest BCUT2D eigenvalue weighted by Crippen LogP contribution is -2.37. The number of halogens is 1. The van der Waals surface area contributed by atoms with Crippen molar-refractivity contribution < 1.29 is 4.52 Å². The highest BCUT2D eigenvalue weighted by atomic mass is 35.5. The summed E-state index contributed by atoms with van der Waals surface area (Å²) in [6.45, 7) is 10.6. The third-order valence-corrected chi connectivity index (χ3v) is 4.11. The molecular weight excluding hydrogens is 276 g/mol. The largest absolute Gasteiger partial charge is 0.361 e. The fraction of sp³-hybridized carbons (Fsp3) is 0.571. The van der Waals surface area contributed by atoms with Gasteiger partial charge in [0.25, 0.3) is 0 Å². The Morgan fingerprint density at radius 2 is 1.90 bits per heavy atom. The van der Waals surface area contributed by atoms with E-state index < -0.39 is 0 Å². The molecule has 2 aromatic rings. The molecule has 0 aromatic carbocycles. The van der Waals surface area contributed by atoms with Crippen molar-refractivity contribution in [2.45, 2.75) is 46.7 Å². The van der Waals surface area contributed by atoms with Crippen molar-refractivity contribution >= 4 is 11.6 Å². The molecule has 0 aliphatic rings. The van der Waals surface area contributed by atoms with Crippen molar-refractivity contribution in [2.75, 3.05) is 0 Å². The molecule has 0 fully saturated rings. The SMILES string of the molecule is Cc1nn(C)c(CNC(C)(C)c2c(C)noc2C)c1Cl. The molecule has 0 aliphatic carbocycles. The Balaban J connectivity index is 2.21. The molecule has 110 valence electrons. The summed E-state index contributed by atoms with van der Waals surface area (Å²) in [4.78, 5) is 0. The van der Waals surface area contributed by atoms with Crippen molar-refractivity contribution in [1.29, 1.82) is 0 Å². The molecule has 0 saturated carbocycles. The lowest BCUT2D eigenvalue weighted by atomic mass is 9.92. The number of aromatic nitrogens is 3. The maximum Gasteiger partial charge on any atom is 0.138 e. The highest BCUT2D eigenvalue weighted by molar-refractivity contribution is 6.31. The summed E-state index contributed by atoms with van der Waals surface area (Å²) in [5, 5.41) is 12.6. The molecule has 0 bridgehead atoms. The number of hydrogen-bond donors (Lipinski definition) is 1. The highest BCUT2D eigenvalue weighted by Gasteiger charge is 2.28. The number of nitrogens with zero attached hydrogens (tertiary/aromatic N) is 3. The normalized spacial score (nSPS) is 12.2. The van der Waals surface area contributed by atoms with Crippen LogP contribution in [0.2, 0.25) is 5.02 Å². The molecule has 0 aliphatic heterocycles. The summed E-state index contributed by atoms with van der Waals surface area (Å²) in [6.07, 6.45) is 0. The van der Waals surface area contributed by atoms with E-state index in [0.29, 0.717) is 6.54 Å². The van der Waals surface area contributed by atoms with Gasteiger partial charge in [0, 0.05) is 24.7 Å². The first-order valence-corrected chi connectivity index (χ1v) is 6.98. The quantitative estimate of drug-likeness (QED) is 0.942. The van der Waals surface area contributed by atoms with Crippen LogP contribution in [0.1, 0.15) is 42.3 Å². The van der Waals surface area contributed by atoms with Crippen molar-refractivity contribution in [3.05, 3.63) is 33.4 Å². The monoisotopic (exact) mass is 296 g/mol. The van der Waals surface area contributed by atoms with Gasteiger partial charge in [-0.3, -0.25) is 4.68 Å². The summed E-state index contributed by atoms with van der Waals surface area (Å²) in [6, 6.07) is 0. The van der Waals surface area contributed by atoms with Gasteiger partial charge in [0.05, 0.1) is 22.1 Å². The van der Waals surface area contributed by atoms with Gasteiger partial charge in [-0.25, -0.2) is 0 Å². The van der Waals surface area contributed by atoms with Gasteiger partial charge in [-0.2, -0.15) is 5.10 Å². The van der Waals surface area contributed by atoms with Crippen LogP contribution in [0.3, 0.4) is 0 Å². The van der Waals surface area contributed by atoms with E-state index in [1.54, 1.807) is 0 Å². The second-order valence-electron chi connectivity index (χ2n) is 5.65. The second-order valence-corrected chi connectivity index (χ2v) is 6.03. The Hall–Kier alpha value is -1.33. The fourth-order valence-corrected chi connectivity index (χ4v) is 2.87. The Morgan fingerprint density at radius 3 is 2.35 bits per heavy atom. The third-order valence-electron chi connectivity index (χ3n) is 3.62. The van der Waals surface area contributed by atoms with Crippen molar-refractivity contribution in [3.8, 4) is 0 Å². The minimum Gasteiger partial charge on any atom is -0.361 e. The van der Waals surface area contributed by atoms with Crippen LogP contribution in [0.25, 0.3) is 0 Å². The van der Waals surface area contributed by atoms with Crippen LogP contribution in [0.5, 0.6) is 0 Å². The lowest BCUT2D eigenvalue weighted by Gasteiger charge is -2.26. The molecule has 6 heteroatoms. The molecule has 0 spiro atoms. The fourth-order valence-electron chi connectivity index (χ4n) is 2.64. The molecule has 5 nitrogen and oxygen atoms in total. The molecule has 0 radical (unpaired) electrons. The van der Waals surface area contributed by atoms with E-state index in [1.165, 1.54) is 0 Å². The van der Waals surface area contributed by atoms with Crippen molar-refractivity contribution in [2.24, 2.45) is 7.05 Å². The van der Waals surface area contributed by atoms with Gasteiger partial charge in [-0.05, 0) is 34.6 Å². The summed E-state index contributed by atoms with van der Waals surface area (Å²) in [7, 11) is 1.90. The van der Waals surface area contributed by atoms with Crippen molar-refractivity contribution in [1.82, 2.24) is 20.3 Å². The zero-order valence-electron chi connectivity index (χ0n) is 12.8. The maximum absolute atomic E-state index is 6.28. The van der Waals surface area contributed by atoms with Crippen LogP contribution < -0.4 is 5.32 Å². The first-order valence-electron chi connectivity index (χ1n) is 6.60. The standard InChI is InChI=1S/C14H21ClN4O/c1-8-12(10(3)20-18-8)14(4,5)16-7-11-13(15)9(2)17-19(11)6/h16H,7H2,1-6H3. The zero-order valence-corrected chi connectivity index (χ0v) is 13.6. The average Bonchev–Trinajstić information content (AvgIpc) is 2.79. The van der Waals surface area contributed by atoms with Crippen molar-refractivity contribution in [3.63, 3.8) is 0 Å². The van der Waals surface area contributed by atoms with Gasteiger partial charge in [0.15, 0.2) is 0 Å². The molecule has 0 amide bonds. The molecular formula is C14H21ClN4O. The molecule has 20 heavy (non-hydrogen) atoms. The predicted molar refractivity (Wildman–Crippen MR) is 78.8 cm³/mol. The Morgan fingerprint density at radius 1 is 1.25 bits per heavy atom. The highest BCUT2D eigenvalue weighted by Crippen LogP contribution is 2.28. The number of hydrogen-bond acceptors (Lipinski definition) is 4. The minimum absolute atomic E-state index is 0.254. The molecule has 2 rings (SSSR count). The van der Waals surface area contributed by atoms with Gasteiger partial charge < -0.3 is 9.84 Å². The summed E-state index contributed by atoms with van der Waals surface area (Å²) in [5.74, 6) is 0.840. The van der Waals surface area contributed by atoms with Gasteiger partial charge in [0.1, 0.15) is 5.76 Å². The van der Waals surface area contributed by atoms with Gasteiger partial charge in [-0.1, -0.05) is 16.8 Å². The van der Waals surface area contributed by atoms with E-state index in [4.69, 9.17) is 16.1 Å². The number of nitrogens with one attached hydrogen (secondary N) is 1. The van der Waals surface area contributed by atoms with E-state index >= 15 is 0 Å². The van der Waals surface area contributed by atoms with E-state index in [2.05, 4.69) is 29.4 Å². The number of rotatable bonds is 4. The predicted octanol–water partition coefficient (Wildman–Crippen LogP) is 3.01. The van der Waals surface area contributed by atoms with Crippen LogP contribution in [-0.4, -0.2) is 14.9 Å². The van der Waals surface area contributed by atoms with Crippen LogP contribution >= 0.6 is 11.6 Å². The first-order chi connectivity index (χ1) is 9.24. The van der Waals surface area contributed by atoms with Gasteiger partial charge in [-0.15, -0.1) is 0 Å². The molecule has 0 saturated heterocycles. The van der Waals surface area contributed by atoms with Gasteiger partial charge >= 0.3 is 0 Å². The molecule has 0 atom stereocenters. The summed E-state index contributed by atoms with van der Waals surface area (Å²) < 4.78 is 7.07. The van der Waals surface area contributed by atoms with Crippen LogP contribution in [0, 0.1) is 20.8 Å². The molecule has 1 N–H and O–H groups in total. The number of aryl methyl sites for hydroxylation is 4. The smallest absolute Gasteiger partial charge is 0.138 e. The van der Waals surface area contributed by atoms with Crippen LogP contribution in [-0.2, 0) is 19.1 Å². The second kappa shape index (κ2) is 5.22. The average molecular weight is 297 g/mol. The molecule has 0 unspecified atom stereocenters. The van der Waals surface area contributed by atoms with E-state index in [9.17, 15) is 0 Å². The summed E-state index contributed by atoms with van der Waals surface area (Å²) >= 11 is 6.28. The Labute approximate surface area is 124 Å². The van der Waals surface area contributed by atoms with Crippen LogP contribution in [0.15, 0.2) is 4.52 Å². The van der Waals surface area contributed by atoms with E-state index in [0.717, 1.165) is 33.4 Å². The molecule has 2 heterocycles. The van der Waals surface area contributed by atoms with E-state index in [1.807, 2.05) is 32.5 Å². The minimum atomic E-state index is -0.254. The third kappa shape index (κ3) is 2.60.